The summed E-state index contributed by atoms with van der Waals surface area (Å²) in [5.41, 5.74) is 8.36. The van der Waals surface area contributed by atoms with Crippen molar-refractivity contribution in [1.29, 1.82) is 0 Å². The first-order valence-corrected chi connectivity index (χ1v) is 6.69. The number of benzene rings is 1. The molecule has 4 heteroatoms. The van der Waals surface area contributed by atoms with Gasteiger partial charge in [-0.3, -0.25) is 0 Å². The maximum Gasteiger partial charge on any atom is 0.231 e. The first kappa shape index (κ1) is 12.4. The molecule has 3 rings (SSSR count). The van der Waals surface area contributed by atoms with Gasteiger partial charge in [-0.05, 0) is 23.0 Å². The fourth-order valence-electron chi connectivity index (χ4n) is 2.48. The largest absolute Gasteiger partial charge is 0.339 e. The van der Waals surface area contributed by atoms with Crippen LogP contribution in [-0.4, -0.2) is 10.1 Å². The van der Waals surface area contributed by atoms with E-state index in [0.29, 0.717) is 30.2 Å². The van der Waals surface area contributed by atoms with E-state index in [1.807, 2.05) is 18.2 Å². The second-order valence-corrected chi connectivity index (χ2v) is 5.94. The van der Waals surface area contributed by atoms with Crippen molar-refractivity contribution in [2.45, 2.75) is 39.2 Å². The van der Waals surface area contributed by atoms with Crippen LogP contribution in [0.3, 0.4) is 0 Å². The molecule has 1 aromatic carbocycles. The number of nitrogens with two attached hydrogens (primary N) is 1. The molecular weight excluding hydrogens is 238 g/mol. The molecule has 2 aromatic rings. The maximum atomic E-state index is 5.74. The molecule has 1 unspecified atom stereocenters. The number of hydrogen-bond acceptors (Lipinski definition) is 4. The van der Waals surface area contributed by atoms with Gasteiger partial charge in [-0.25, -0.2) is 0 Å². The van der Waals surface area contributed by atoms with Gasteiger partial charge in [0, 0.05) is 12.5 Å². The van der Waals surface area contributed by atoms with Gasteiger partial charge in [-0.1, -0.05) is 43.3 Å². The Morgan fingerprint density at radius 1 is 1.32 bits per heavy atom. The minimum atomic E-state index is 0.330. The van der Waals surface area contributed by atoms with Crippen molar-refractivity contribution >= 4 is 0 Å². The zero-order valence-corrected chi connectivity index (χ0v) is 11.4. The van der Waals surface area contributed by atoms with Crippen LogP contribution in [0.25, 0.3) is 0 Å². The van der Waals surface area contributed by atoms with Crippen molar-refractivity contribution in [2.75, 3.05) is 0 Å². The van der Waals surface area contributed by atoms with E-state index in [2.05, 4.69) is 30.1 Å². The summed E-state index contributed by atoms with van der Waals surface area (Å²) in [6.07, 6.45) is 1.80. The van der Waals surface area contributed by atoms with E-state index in [1.165, 1.54) is 0 Å². The Balaban J connectivity index is 1.77. The lowest BCUT2D eigenvalue weighted by Gasteiger charge is -2.03. The lowest BCUT2D eigenvalue weighted by Crippen LogP contribution is -2.02. The normalized spacial score (nSPS) is 20.5. The predicted molar refractivity (Wildman–Crippen MR) is 72.6 cm³/mol. The minimum Gasteiger partial charge on any atom is -0.339 e. The number of nitrogens with zero attached hydrogens (tertiary/aromatic N) is 2. The number of rotatable bonds is 4. The molecule has 0 aliphatic heterocycles. The Morgan fingerprint density at radius 2 is 2.00 bits per heavy atom. The summed E-state index contributed by atoms with van der Waals surface area (Å²) in [6.45, 7) is 5.00. The molecule has 2 N–H and O–H groups in total. The van der Waals surface area contributed by atoms with Crippen LogP contribution in [0.4, 0.5) is 0 Å². The number of hydrogen-bond donors (Lipinski definition) is 1. The van der Waals surface area contributed by atoms with E-state index in [0.717, 1.165) is 23.4 Å². The monoisotopic (exact) mass is 257 g/mol. The molecule has 19 heavy (non-hydrogen) atoms. The van der Waals surface area contributed by atoms with Gasteiger partial charge in [0.15, 0.2) is 5.82 Å². The maximum absolute atomic E-state index is 5.74. The van der Waals surface area contributed by atoms with Crippen LogP contribution >= 0.6 is 0 Å². The molecule has 4 nitrogen and oxygen atoms in total. The van der Waals surface area contributed by atoms with Gasteiger partial charge in [-0.15, -0.1) is 0 Å². The first-order chi connectivity index (χ1) is 9.10. The van der Waals surface area contributed by atoms with Crippen molar-refractivity contribution < 1.29 is 4.52 Å². The van der Waals surface area contributed by atoms with Crippen LogP contribution in [-0.2, 0) is 13.0 Å². The van der Waals surface area contributed by atoms with Crippen LogP contribution < -0.4 is 5.73 Å². The Hall–Kier alpha value is -1.68. The fourth-order valence-corrected chi connectivity index (χ4v) is 2.48. The van der Waals surface area contributed by atoms with E-state index in [4.69, 9.17) is 10.3 Å². The van der Waals surface area contributed by atoms with Gasteiger partial charge in [0.05, 0.1) is 6.42 Å². The molecule has 0 saturated heterocycles. The Morgan fingerprint density at radius 3 is 2.63 bits per heavy atom. The third kappa shape index (κ3) is 2.40. The molecule has 1 aliphatic rings. The molecule has 1 heterocycles. The van der Waals surface area contributed by atoms with E-state index in [9.17, 15) is 0 Å². The molecule has 100 valence electrons. The van der Waals surface area contributed by atoms with Crippen molar-refractivity contribution in [3.8, 4) is 0 Å². The highest BCUT2D eigenvalue weighted by Crippen LogP contribution is 2.57. The fraction of sp³-hybridized carbons (Fsp3) is 0.467. The highest BCUT2D eigenvalue weighted by atomic mass is 16.5. The molecule has 0 radical (unpaired) electrons. The Labute approximate surface area is 113 Å². The van der Waals surface area contributed by atoms with Gasteiger partial charge in [-0.2, -0.15) is 4.98 Å². The van der Waals surface area contributed by atoms with Gasteiger partial charge < -0.3 is 10.3 Å². The summed E-state index contributed by atoms with van der Waals surface area (Å²) in [5, 5.41) is 4.11. The molecule has 1 saturated carbocycles. The van der Waals surface area contributed by atoms with Gasteiger partial charge in [0.25, 0.3) is 0 Å². The Bertz CT molecular complexity index is 589. The predicted octanol–water partition coefficient (Wildman–Crippen LogP) is 2.63. The lowest BCUT2D eigenvalue weighted by atomic mass is 10.0. The molecule has 1 fully saturated rings. The van der Waals surface area contributed by atoms with Crippen LogP contribution in [0.15, 0.2) is 28.8 Å². The van der Waals surface area contributed by atoms with E-state index in [1.54, 1.807) is 0 Å². The molecule has 1 atom stereocenters. The average molecular weight is 257 g/mol. The van der Waals surface area contributed by atoms with E-state index >= 15 is 0 Å². The van der Waals surface area contributed by atoms with Crippen LogP contribution in [0.2, 0.25) is 0 Å². The third-order valence-corrected chi connectivity index (χ3v) is 3.99. The van der Waals surface area contributed by atoms with Crippen LogP contribution in [0.5, 0.6) is 0 Å². The Kier molecular flexibility index (Phi) is 2.90. The van der Waals surface area contributed by atoms with Crippen molar-refractivity contribution in [1.82, 2.24) is 10.1 Å². The second kappa shape index (κ2) is 4.46. The SMILES string of the molecule is CC1(C)CC1c1noc(Cc2ccccc2CN)n1. The average Bonchev–Trinajstić information content (AvgIpc) is 2.83. The second-order valence-electron chi connectivity index (χ2n) is 5.94. The smallest absolute Gasteiger partial charge is 0.231 e. The molecule has 0 amide bonds. The molecule has 0 bridgehead atoms. The molecule has 0 spiro atoms. The topological polar surface area (TPSA) is 64.9 Å². The van der Waals surface area contributed by atoms with Gasteiger partial charge in [0.1, 0.15) is 0 Å². The number of aromatic nitrogens is 2. The van der Waals surface area contributed by atoms with E-state index in [-0.39, 0.29) is 0 Å². The minimum absolute atomic E-state index is 0.330. The zero-order valence-electron chi connectivity index (χ0n) is 11.4. The summed E-state index contributed by atoms with van der Waals surface area (Å²) in [6, 6.07) is 8.11. The third-order valence-electron chi connectivity index (χ3n) is 3.99. The van der Waals surface area contributed by atoms with Gasteiger partial charge >= 0.3 is 0 Å². The molecular formula is C15H19N3O. The molecule has 1 aliphatic carbocycles. The van der Waals surface area contributed by atoms with Gasteiger partial charge in [0.2, 0.25) is 5.89 Å². The summed E-state index contributed by atoms with van der Waals surface area (Å²) in [4.78, 5) is 4.52. The highest BCUT2D eigenvalue weighted by Gasteiger charge is 2.49. The quantitative estimate of drug-likeness (QED) is 0.914. The molecule has 1 aromatic heterocycles. The lowest BCUT2D eigenvalue weighted by molar-refractivity contribution is 0.377. The summed E-state index contributed by atoms with van der Waals surface area (Å²) >= 11 is 0. The summed E-state index contributed by atoms with van der Waals surface area (Å²) < 4.78 is 5.36. The standard InChI is InChI=1S/C15H19N3O/c1-15(2)8-12(15)14-17-13(19-18-14)7-10-5-3-4-6-11(10)9-16/h3-6,12H,7-9,16H2,1-2H3. The summed E-state index contributed by atoms with van der Waals surface area (Å²) in [5.74, 6) is 1.98. The summed E-state index contributed by atoms with van der Waals surface area (Å²) in [7, 11) is 0. The van der Waals surface area contributed by atoms with Crippen molar-refractivity contribution in [2.24, 2.45) is 11.1 Å². The van der Waals surface area contributed by atoms with Crippen LogP contribution in [0, 0.1) is 5.41 Å². The van der Waals surface area contributed by atoms with Crippen molar-refractivity contribution in [3.63, 3.8) is 0 Å². The van der Waals surface area contributed by atoms with Crippen LogP contribution in [0.1, 0.15) is 49.0 Å². The van der Waals surface area contributed by atoms with Crippen molar-refractivity contribution in [3.05, 3.63) is 47.1 Å². The zero-order chi connectivity index (χ0) is 13.5. The highest BCUT2D eigenvalue weighted by molar-refractivity contribution is 5.29. The van der Waals surface area contributed by atoms with E-state index < -0.39 is 0 Å². The first-order valence-electron chi connectivity index (χ1n) is 6.69.